The molecule has 0 amide bonds. The summed E-state index contributed by atoms with van der Waals surface area (Å²) in [5.74, 6) is 1.02. The van der Waals surface area contributed by atoms with E-state index in [1.807, 2.05) is 0 Å². The highest BCUT2D eigenvalue weighted by Gasteiger charge is 2.28. The first-order chi connectivity index (χ1) is 6.51. The van der Waals surface area contributed by atoms with Crippen molar-refractivity contribution >= 4 is 0 Å². The van der Waals surface area contributed by atoms with Gasteiger partial charge in [0.25, 0.3) is 0 Å². The van der Waals surface area contributed by atoms with E-state index in [0.717, 1.165) is 18.6 Å². The predicted molar refractivity (Wildman–Crippen MR) is 59.9 cm³/mol. The lowest BCUT2D eigenvalue weighted by Gasteiger charge is -2.33. The third-order valence-electron chi connectivity index (χ3n) is 2.94. The lowest BCUT2D eigenvalue weighted by atomic mass is 9.74. The van der Waals surface area contributed by atoms with Crippen LogP contribution < -0.4 is 5.73 Å². The Kier molecular flexibility index (Phi) is 3.38. The minimum Gasteiger partial charge on any atom is -0.497 e. The van der Waals surface area contributed by atoms with Crippen LogP contribution in [0.4, 0.5) is 0 Å². The van der Waals surface area contributed by atoms with Crippen LogP contribution in [0.2, 0.25) is 0 Å². The van der Waals surface area contributed by atoms with E-state index in [-0.39, 0.29) is 5.41 Å². The van der Waals surface area contributed by atoms with Crippen molar-refractivity contribution < 1.29 is 4.74 Å². The predicted octanol–water partition coefficient (Wildman–Crippen LogP) is 2.61. The van der Waals surface area contributed by atoms with Gasteiger partial charge in [-0.25, -0.2) is 0 Å². The summed E-state index contributed by atoms with van der Waals surface area (Å²) in [6.45, 7) is 7.39. The molecule has 0 unspecified atom stereocenters. The average Bonchev–Trinajstić information content (AvgIpc) is 2.09. The molecule has 80 valence electrons. The number of ether oxygens (including phenoxy) is 1. The van der Waals surface area contributed by atoms with Gasteiger partial charge in [-0.3, -0.25) is 0 Å². The SMILES string of the molecule is COC1=C(C)CC(C)(C)C(CCN)=C1. The molecule has 0 fully saturated rings. The lowest BCUT2D eigenvalue weighted by Crippen LogP contribution is -2.22. The third kappa shape index (κ3) is 2.18. The van der Waals surface area contributed by atoms with Crippen molar-refractivity contribution in [2.75, 3.05) is 13.7 Å². The molecule has 1 aliphatic carbocycles. The van der Waals surface area contributed by atoms with Gasteiger partial charge in [0.1, 0.15) is 5.76 Å². The van der Waals surface area contributed by atoms with Crippen LogP contribution in [0.15, 0.2) is 23.0 Å². The molecule has 2 heteroatoms. The maximum absolute atomic E-state index is 5.60. The Bertz CT molecular complexity index is 274. The highest BCUT2D eigenvalue weighted by Crippen LogP contribution is 2.40. The van der Waals surface area contributed by atoms with E-state index < -0.39 is 0 Å². The molecular formula is C12H21NO. The molecule has 0 heterocycles. The zero-order valence-corrected chi connectivity index (χ0v) is 9.68. The molecule has 1 rings (SSSR count). The molecule has 0 radical (unpaired) electrons. The van der Waals surface area contributed by atoms with Crippen LogP contribution in [0.1, 0.15) is 33.6 Å². The summed E-state index contributed by atoms with van der Waals surface area (Å²) in [5.41, 5.74) is 8.58. The quantitative estimate of drug-likeness (QED) is 0.751. The van der Waals surface area contributed by atoms with Gasteiger partial charge >= 0.3 is 0 Å². The van der Waals surface area contributed by atoms with Crippen molar-refractivity contribution in [1.29, 1.82) is 0 Å². The molecule has 0 aromatic heterocycles. The molecule has 1 aliphatic rings. The second kappa shape index (κ2) is 4.18. The number of nitrogens with two attached hydrogens (primary N) is 1. The summed E-state index contributed by atoms with van der Waals surface area (Å²) < 4.78 is 5.34. The summed E-state index contributed by atoms with van der Waals surface area (Å²) in [5, 5.41) is 0. The second-order valence-corrected chi connectivity index (χ2v) is 4.62. The van der Waals surface area contributed by atoms with Crippen molar-refractivity contribution in [3.63, 3.8) is 0 Å². The molecule has 2 N–H and O–H groups in total. The van der Waals surface area contributed by atoms with Crippen LogP contribution >= 0.6 is 0 Å². The van der Waals surface area contributed by atoms with Crippen molar-refractivity contribution in [3.05, 3.63) is 23.0 Å². The van der Waals surface area contributed by atoms with Crippen LogP contribution in [-0.2, 0) is 4.74 Å². The molecule has 0 aliphatic heterocycles. The summed E-state index contributed by atoms with van der Waals surface area (Å²) in [7, 11) is 1.73. The molecule has 0 saturated carbocycles. The fraction of sp³-hybridized carbons (Fsp3) is 0.667. The number of allylic oxidation sites excluding steroid dienone is 2. The molecule has 0 spiro atoms. The minimum absolute atomic E-state index is 0.242. The third-order valence-corrected chi connectivity index (χ3v) is 2.94. The molecular weight excluding hydrogens is 174 g/mol. The Morgan fingerprint density at radius 2 is 2.14 bits per heavy atom. The number of rotatable bonds is 3. The topological polar surface area (TPSA) is 35.2 Å². The molecule has 0 aromatic rings. The standard InChI is InChI=1S/C12H21NO/c1-9-8-12(2,3)10(5-6-13)7-11(9)14-4/h7H,5-6,8,13H2,1-4H3. The average molecular weight is 195 g/mol. The molecule has 0 bridgehead atoms. The Balaban J connectivity index is 2.97. The van der Waals surface area contributed by atoms with E-state index in [9.17, 15) is 0 Å². The summed E-state index contributed by atoms with van der Waals surface area (Å²) >= 11 is 0. The summed E-state index contributed by atoms with van der Waals surface area (Å²) in [6.07, 6.45) is 4.20. The first-order valence-electron chi connectivity index (χ1n) is 5.16. The van der Waals surface area contributed by atoms with E-state index >= 15 is 0 Å². The Morgan fingerprint density at radius 3 is 2.64 bits per heavy atom. The van der Waals surface area contributed by atoms with E-state index in [2.05, 4.69) is 26.8 Å². The van der Waals surface area contributed by atoms with Crippen molar-refractivity contribution in [2.24, 2.45) is 11.1 Å². The van der Waals surface area contributed by atoms with E-state index in [1.165, 1.54) is 11.1 Å². The zero-order valence-electron chi connectivity index (χ0n) is 9.68. The van der Waals surface area contributed by atoms with Gasteiger partial charge in [0.05, 0.1) is 7.11 Å². The Hall–Kier alpha value is -0.760. The van der Waals surface area contributed by atoms with Gasteiger partial charge in [-0.05, 0) is 43.4 Å². The monoisotopic (exact) mass is 195 g/mol. The molecule has 2 nitrogen and oxygen atoms in total. The number of methoxy groups -OCH3 is 1. The molecule has 0 aromatic carbocycles. The van der Waals surface area contributed by atoms with E-state index in [1.54, 1.807) is 7.11 Å². The van der Waals surface area contributed by atoms with Crippen LogP contribution in [0.3, 0.4) is 0 Å². The van der Waals surface area contributed by atoms with Crippen LogP contribution in [0, 0.1) is 5.41 Å². The van der Waals surface area contributed by atoms with E-state index in [0.29, 0.717) is 6.54 Å². The zero-order chi connectivity index (χ0) is 10.8. The van der Waals surface area contributed by atoms with Crippen LogP contribution in [-0.4, -0.2) is 13.7 Å². The molecule has 0 atom stereocenters. The summed E-state index contributed by atoms with van der Waals surface area (Å²) in [6, 6.07) is 0. The fourth-order valence-corrected chi connectivity index (χ4v) is 2.14. The van der Waals surface area contributed by atoms with Crippen molar-refractivity contribution in [1.82, 2.24) is 0 Å². The normalized spacial score (nSPS) is 20.8. The largest absolute Gasteiger partial charge is 0.497 e. The van der Waals surface area contributed by atoms with Gasteiger partial charge < -0.3 is 10.5 Å². The van der Waals surface area contributed by atoms with Crippen molar-refractivity contribution in [2.45, 2.75) is 33.6 Å². The highest BCUT2D eigenvalue weighted by atomic mass is 16.5. The first-order valence-corrected chi connectivity index (χ1v) is 5.16. The maximum atomic E-state index is 5.60. The van der Waals surface area contributed by atoms with Gasteiger partial charge in [0.2, 0.25) is 0 Å². The van der Waals surface area contributed by atoms with Gasteiger partial charge in [0.15, 0.2) is 0 Å². The lowest BCUT2D eigenvalue weighted by molar-refractivity contribution is 0.284. The molecule has 14 heavy (non-hydrogen) atoms. The highest BCUT2D eigenvalue weighted by molar-refractivity contribution is 5.33. The number of hydrogen-bond acceptors (Lipinski definition) is 2. The number of hydrogen-bond donors (Lipinski definition) is 1. The Morgan fingerprint density at radius 1 is 1.50 bits per heavy atom. The van der Waals surface area contributed by atoms with Gasteiger partial charge in [-0.1, -0.05) is 19.4 Å². The Labute approximate surface area is 86.8 Å². The smallest absolute Gasteiger partial charge is 0.117 e. The van der Waals surface area contributed by atoms with Crippen LogP contribution in [0.5, 0.6) is 0 Å². The van der Waals surface area contributed by atoms with E-state index in [4.69, 9.17) is 10.5 Å². The first kappa shape index (κ1) is 11.3. The fourth-order valence-electron chi connectivity index (χ4n) is 2.14. The van der Waals surface area contributed by atoms with Gasteiger partial charge in [-0.2, -0.15) is 0 Å². The second-order valence-electron chi connectivity index (χ2n) is 4.62. The van der Waals surface area contributed by atoms with Crippen LogP contribution in [0.25, 0.3) is 0 Å². The van der Waals surface area contributed by atoms with Crippen molar-refractivity contribution in [3.8, 4) is 0 Å². The minimum atomic E-state index is 0.242. The summed E-state index contributed by atoms with van der Waals surface area (Å²) in [4.78, 5) is 0. The maximum Gasteiger partial charge on any atom is 0.117 e. The van der Waals surface area contributed by atoms with Gasteiger partial charge in [0, 0.05) is 0 Å². The van der Waals surface area contributed by atoms with Gasteiger partial charge in [-0.15, -0.1) is 0 Å². The molecule has 0 saturated heterocycles.